The molecule has 3 atom stereocenters. The molecule has 0 aromatic heterocycles. The van der Waals surface area contributed by atoms with Gasteiger partial charge in [0.1, 0.15) is 11.5 Å². The molecule has 3 rings (SSSR count). The molecule has 0 bridgehead atoms. The minimum atomic E-state index is 0.538. The molecule has 0 aliphatic carbocycles. The van der Waals surface area contributed by atoms with Gasteiger partial charge in [-0.2, -0.15) is 11.8 Å². The van der Waals surface area contributed by atoms with E-state index in [1.165, 1.54) is 36.5 Å². The Kier molecular flexibility index (Phi) is 6.38. The molecular weight excluding hydrogens is 386 g/mol. The van der Waals surface area contributed by atoms with Crippen molar-refractivity contribution in [2.45, 2.75) is 25.7 Å². The van der Waals surface area contributed by atoms with Gasteiger partial charge in [0, 0.05) is 30.5 Å². The topological polar surface area (TPSA) is 21.7 Å². The Balaban J connectivity index is 1.80. The molecule has 0 spiro atoms. The van der Waals surface area contributed by atoms with E-state index >= 15 is 0 Å². The Morgan fingerprint density at radius 3 is 2.96 bits per heavy atom. The Morgan fingerprint density at radius 2 is 2.21 bits per heavy atom. The molecule has 1 fully saturated rings. The van der Waals surface area contributed by atoms with Crippen molar-refractivity contribution in [3.05, 3.63) is 22.2 Å². The summed E-state index contributed by atoms with van der Waals surface area (Å²) in [5, 5.41) is 0. The van der Waals surface area contributed by atoms with E-state index in [0.29, 0.717) is 17.8 Å². The molecule has 0 amide bonds. The lowest BCUT2D eigenvalue weighted by Crippen LogP contribution is -2.48. The standard InChI is InChI=1S/C19H28BrNO2S/c1-4-5-6-24-12-13-9-21(2)10-16-15-7-14(22-3)8-18(20)19(15)23-11-17(13)16/h7-8,13,16-17H,4-6,9-12H2,1-3H3/t13-,16+,17-/m1/s1. The second-order valence-corrected chi connectivity index (χ2v) is 9.02. The number of nitrogens with zero attached hydrogens (tertiary/aromatic N) is 1. The predicted molar refractivity (Wildman–Crippen MR) is 106 cm³/mol. The largest absolute Gasteiger partial charge is 0.497 e. The Bertz CT molecular complexity index is 569. The van der Waals surface area contributed by atoms with Crippen LogP contribution in [0.2, 0.25) is 0 Å². The summed E-state index contributed by atoms with van der Waals surface area (Å²) in [5.74, 6) is 6.31. The molecule has 3 nitrogen and oxygen atoms in total. The van der Waals surface area contributed by atoms with Crippen LogP contribution >= 0.6 is 27.7 Å². The van der Waals surface area contributed by atoms with Crippen LogP contribution in [0.1, 0.15) is 31.2 Å². The second-order valence-electron chi connectivity index (χ2n) is 7.02. The number of ether oxygens (including phenoxy) is 2. The lowest BCUT2D eigenvalue weighted by Gasteiger charge is -2.45. The normalized spacial score (nSPS) is 26.4. The van der Waals surface area contributed by atoms with Gasteiger partial charge in [-0.05, 0) is 59.0 Å². The predicted octanol–water partition coefficient (Wildman–Crippen LogP) is 4.64. The van der Waals surface area contributed by atoms with Gasteiger partial charge in [-0.25, -0.2) is 0 Å². The van der Waals surface area contributed by atoms with Gasteiger partial charge in [0.2, 0.25) is 0 Å². The monoisotopic (exact) mass is 413 g/mol. The van der Waals surface area contributed by atoms with Crippen LogP contribution in [0.25, 0.3) is 0 Å². The minimum Gasteiger partial charge on any atom is -0.497 e. The van der Waals surface area contributed by atoms with Crippen molar-refractivity contribution in [3.63, 3.8) is 0 Å². The number of likely N-dealkylation sites (N-methyl/N-ethyl adjacent to an activating group) is 1. The van der Waals surface area contributed by atoms with Gasteiger partial charge in [-0.3, -0.25) is 0 Å². The summed E-state index contributed by atoms with van der Waals surface area (Å²) in [7, 11) is 3.99. The molecule has 0 unspecified atom stereocenters. The third-order valence-corrected chi connectivity index (χ3v) is 7.08. The fourth-order valence-electron chi connectivity index (χ4n) is 3.96. The summed E-state index contributed by atoms with van der Waals surface area (Å²) in [4.78, 5) is 2.49. The summed E-state index contributed by atoms with van der Waals surface area (Å²) >= 11 is 5.77. The molecular formula is C19H28BrNO2S. The quantitative estimate of drug-likeness (QED) is 0.632. The zero-order valence-electron chi connectivity index (χ0n) is 14.9. The van der Waals surface area contributed by atoms with E-state index < -0.39 is 0 Å². The fraction of sp³-hybridized carbons (Fsp3) is 0.684. The number of thioether (sulfide) groups is 1. The van der Waals surface area contributed by atoms with Crippen LogP contribution in [0, 0.1) is 11.8 Å². The van der Waals surface area contributed by atoms with Crippen molar-refractivity contribution < 1.29 is 9.47 Å². The van der Waals surface area contributed by atoms with Crippen molar-refractivity contribution in [2.75, 3.05) is 45.4 Å². The molecule has 1 saturated heterocycles. The van der Waals surface area contributed by atoms with Crippen LogP contribution in [-0.4, -0.2) is 50.3 Å². The number of fused-ring (bicyclic) bond motifs is 3. The van der Waals surface area contributed by atoms with Gasteiger partial charge in [0.15, 0.2) is 0 Å². The highest BCUT2D eigenvalue weighted by Crippen LogP contribution is 2.48. The zero-order chi connectivity index (χ0) is 17.1. The molecule has 1 aromatic carbocycles. The van der Waals surface area contributed by atoms with Crippen LogP contribution < -0.4 is 9.47 Å². The molecule has 2 aliphatic rings. The molecule has 0 N–H and O–H groups in total. The molecule has 5 heteroatoms. The zero-order valence-corrected chi connectivity index (χ0v) is 17.3. The minimum absolute atomic E-state index is 0.538. The molecule has 0 radical (unpaired) electrons. The van der Waals surface area contributed by atoms with Crippen molar-refractivity contribution in [1.82, 2.24) is 4.90 Å². The number of rotatable bonds is 6. The number of halogens is 1. The van der Waals surface area contributed by atoms with Gasteiger partial charge in [-0.1, -0.05) is 13.3 Å². The Labute approximate surface area is 158 Å². The van der Waals surface area contributed by atoms with Crippen molar-refractivity contribution in [3.8, 4) is 11.5 Å². The highest BCUT2D eigenvalue weighted by molar-refractivity contribution is 9.10. The van der Waals surface area contributed by atoms with E-state index in [0.717, 1.165) is 29.1 Å². The summed E-state index contributed by atoms with van der Waals surface area (Å²) < 4.78 is 12.7. The first-order valence-electron chi connectivity index (χ1n) is 8.90. The lowest BCUT2D eigenvalue weighted by atomic mass is 9.74. The average molecular weight is 414 g/mol. The third-order valence-electron chi connectivity index (χ3n) is 5.25. The van der Waals surface area contributed by atoms with Gasteiger partial charge in [-0.15, -0.1) is 0 Å². The first kappa shape index (κ1) is 18.4. The lowest BCUT2D eigenvalue weighted by molar-refractivity contribution is 0.0698. The number of benzene rings is 1. The molecule has 0 saturated carbocycles. The second kappa shape index (κ2) is 8.33. The van der Waals surface area contributed by atoms with Crippen molar-refractivity contribution in [2.24, 2.45) is 11.8 Å². The molecule has 1 aromatic rings. The molecule has 24 heavy (non-hydrogen) atoms. The SMILES string of the molecule is CCCCSC[C@H]1CN(C)C[C@H]2c3cc(OC)cc(Br)c3OC[C@H]12. The molecule has 2 aliphatic heterocycles. The van der Waals surface area contributed by atoms with Crippen LogP contribution in [0.5, 0.6) is 11.5 Å². The first-order chi connectivity index (χ1) is 11.6. The van der Waals surface area contributed by atoms with Crippen LogP contribution in [0.3, 0.4) is 0 Å². The number of unbranched alkanes of at least 4 members (excludes halogenated alkanes) is 1. The summed E-state index contributed by atoms with van der Waals surface area (Å²) in [6, 6.07) is 4.18. The van der Waals surface area contributed by atoms with Crippen molar-refractivity contribution in [1.29, 1.82) is 0 Å². The number of likely N-dealkylation sites (tertiary alicyclic amines) is 1. The van der Waals surface area contributed by atoms with E-state index in [4.69, 9.17) is 9.47 Å². The summed E-state index contributed by atoms with van der Waals surface area (Å²) in [5.41, 5.74) is 1.31. The van der Waals surface area contributed by atoms with Gasteiger partial charge in [0.05, 0.1) is 18.2 Å². The number of hydrogen-bond acceptors (Lipinski definition) is 4. The fourth-order valence-corrected chi connectivity index (χ4v) is 5.85. The van der Waals surface area contributed by atoms with Crippen molar-refractivity contribution >= 4 is 27.7 Å². The van der Waals surface area contributed by atoms with Gasteiger partial charge >= 0.3 is 0 Å². The molecule has 134 valence electrons. The van der Waals surface area contributed by atoms with Crippen LogP contribution in [-0.2, 0) is 0 Å². The maximum atomic E-state index is 6.19. The summed E-state index contributed by atoms with van der Waals surface area (Å²) in [6.07, 6.45) is 2.61. The highest BCUT2D eigenvalue weighted by atomic mass is 79.9. The van der Waals surface area contributed by atoms with E-state index in [1.54, 1.807) is 7.11 Å². The number of methoxy groups -OCH3 is 1. The van der Waals surface area contributed by atoms with Gasteiger partial charge in [0.25, 0.3) is 0 Å². The van der Waals surface area contributed by atoms with E-state index in [1.807, 2.05) is 6.07 Å². The van der Waals surface area contributed by atoms with Crippen LogP contribution in [0.15, 0.2) is 16.6 Å². The smallest absolute Gasteiger partial charge is 0.137 e. The number of hydrogen-bond donors (Lipinski definition) is 0. The van der Waals surface area contributed by atoms with Crippen LogP contribution in [0.4, 0.5) is 0 Å². The first-order valence-corrected chi connectivity index (χ1v) is 10.8. The Morgan fingerprint density at radius 1 is 1.38 bits per heavy atom. The number of piperidine rings is 1. The third kappa shape index (κ3) is 3.88. The summed E-state index contributed by atoms with van der Waals surface area (Å²) in [6.45, 7) is 5.40. The Hall–Kier alpha value is -0.390. The maximum Gasteiger partial charge on any atom is 0.137 e. The average Bonchev–Trinajstić information content (AvgIpc) is 2.58. The van der Waals surface area contributed by atoms with E-state index in [9.17, 15) is 0 Å². The van der Waals surface area contributed by atoms with E-state index in [2.05, 4.69) is 52.6 Å². The van der Waals surface area contributed by atoms with E-state index in [-0.39, 0.29) is 0 Å². The maximum absolute atomic E-state index is 6.19. The molecule has 2 heterocycles. The van der Waals surface area contributed by atoms with Gasteiger partial charge < -0.3 is 14.4 Å². The highest BCUT2D eigenvalue weighted by Gasteiger charge is 2.41.